The van der Waals surface area contributed by atoms with Crippen LogP contribution in [0, 0.1) is 0 Å². The van der Waals surface area contributed by atoms with Crippen LogP contribution >= 0.6 is 15.9 Å². The molecule has 7 heteroatoms. The maximum Gasteiger partial charge on any atom is 0.225 e. The minimum absolute atomic E-state index is 0.0474. The normalized spacial score (nSPS) is 15.3. The first-order valence-electron chi connectivity index (χ1n) is 8.00. The van der Waals surface area contributed by atoms with Gasteiger partial charge in [-0.15, -0.1) is 0 Å². The number of carbonyl (C=O) groups excluding carboxylic acids is 1. The smallest absolute Gasteiger partial charge is 0.225 e. The van der Waals surface area contributed by atoms with Gasteiger partial charge < -0.3 is 10.2 Å². The molecule has 0 bridgehead atoms. The number of halogens is 1. The van der Waals surface area contributed by atoms with Gasteiger partial charge >= 0.3 is 0 Å². The van der Waals surface area contributed by atoms with E-state index in [9.17, 15) is 4.79 Å². The number of anilines is 2. The van der Waals surface area contributed by atoms with Crippen molar-refractivity contribution in [3.05, 3.63) is 47.2 Å². The molecule has 0 radical (unpaired) electrons. The highest BCUT2D eigenvalue weighted by Gasteiger charge is 2.19. The third-order valence-electron chi connectivity index (χ3n) is 3.99. The van der Waals surface area contributed by atoms with Gasteiger partial charge in [0.05, 0.1) is 0 Å². The zero-order valence-electron chi connectivity index (χ0n) is 13.4. The number of rotatable bonds is 5. The van der Waals surface area contributed by atoms with Gasteiger partial charge in [-0.1, -0.05) is 15.9 Å². The average molecular weight is 390 g/mol. The van der Waals surface area contributed by atoms with Crippen molar-refractivity contribution in [3.8, 4) is 0 Å². The van der Waals surface area contributed by atoms with E-state index in [0.717, 1.165) is 48.8 Å². The van der Waals surface area contributed by atoms with E-state index >= 15 is 0 Å². The van der Waals surface area contributed by atoms with E-state index in [1.807, 2.05) is 30.3 Å². The van der Waals surface area contributed by atoms with E-state index in [1.165, 1.54) is 0 Å². The number of benzene rings is 1. The number of hydrogen-bond donors (Lipinski definition) is 1. The molecule has 0 spiro atoms. The number of aromatic nitrogens is 2. The van der Waals surface area contributed by atoms with Crippen LogP contribution in [-0.4, -0.2) is 53.5 Å². The van der Waals surface area contributed by atoms with Gasteiger partial charge in [0.2, 0.25) is 11.9 Å². The SMILES string of the molecule is O=C(CCN1CCN(c2ncccn2)CC1)Nc1ccc(Br)cc1. The summed E-state index contributed by atoms with van der Waals surface area (Å²) in [6.07, 6.45) is 4.03. The van der Waals surface area contributed by atoms with Crippen LogP contribution in [-0.2, 0) is 4.79 Å². The first kappa shape index (κ1) is 16.9. The first-order valence-corrected chi connectivity index (χ1v) is 8.80. The lowest BCUT2D eigenvalue weighted by Gasteiger charge is -2.34. The van der Waals surface area contributed by atoms with Crippen molar-refractivity contribution in [2.24, 2.45) is 0 Å². The Balaban J connectivity index is 1.40. The van der Waals surface area contributed by atoms with Crippen LogP contribution in [0.2, 0.25) is 0 Å². The maximum atomic E-state index is 12.0. The third kappa shape index (κ3) is 4.75. The van der Waals surface area contributed by atoms with Crippen molar-refractivity contribution >= 4 is 33.5 Å². The highest BCUT2D eigenvalue weighted by molar-refractivity contribution is 9.10. The monoisotopic (exact) mass is 389 g/mol. The van der Waals surface area contributed by atoms with E-state index in [4.69, 9.17) is 0 Å². The van der Waals surface area contributed by atoms with Crippen molar-refractivity contribution < 1.29 is 4.79 Å². The van der Waals surface area contributed by atoms with E-state index < -0.39 is 0 Å². The van der Waals surface area contributed by atoms with Crippen molar-refractivity contribution in [1.82, 2.24) is 14.9 Å². The quantitative estimate of drug-likeness (QED) is 0.850. The van der Waals surface area contributed by atoms with Crippen molar-refractivity contribution in [1.29, 1.82) is 0 Å². The van der Waals surface area contributed by atoms with Crippen LogP contribution in [0.5, 0.6) is 0 Å². The molecule has 1 aliphatic rings. The summed E-state index contributed by atoms with van der Waals surface area (Å²) < 4.78 is 1.00. The summed E-state index contributed by atoms with van der Waals surface area (Å²) in [5.41, 5.74) is 0.828. The van der Waals surface area contributed by atoms with Crippen molar-refractivity contribution in [2.45, 2.75) is 6.42 Å². The zero-order chi connectivity index (χ0) is 16.8. The molecular formula is C17H20BrN5O. The number of nitrogens with one attached hydrogen (secondary N) is 1. The Morgan fingerprint density at radius 3 is 2.42 bits per heavy atom. The lowest BCUT2D eigenvalue weighted by molar-refractivity contribution is -0.116. The molecule has 24 heavy (non-hydrogen) atoms. The largest absolute Gasteiger partial charge is 0.338 e. The molecule has 1 saturated heterocycles. The minimum atomic E-state index is 0.0474. The zero-order valence-corrected chi connectivity index (χ0v) is 14.9. The molecule has 2 aromatic rings. The van der Waals surface area contributed by atoms with Crippen LogP contribution in [0.25, 0.3) is 0 Å². The van der Waals surface area contributed by atoms with Crippen LogP contribution in [0.4, 0.5) is 11.6 Å². The van der Waals surface area contributed by atoms with Gasteiger partial charge in [0.25, 0.3) is 0 Å². The van der Waals surface area contributed by atoms with Gasteiger partial charge in [-0.25, -0.2) is 9.97 Å². The standard InChI is InChI=1S/C17H20BrN5O/c18-14-2-4-15(5-3-14)21-16(24)6-9-22-10-12-23(13-11-22)17-19-7-1-8-20-17/h1-5,7-8H,6,9-13H2,(H,21,24). The fourth-order valence-electron chi connectivity index (χ4n) is 2.64. The summed E-state index contributed by atoms with van der Waals surface area (Å²) in [6.45, 7) is 4.39. The van der Waals surface area contributed by atoms with Gasteiger partial charge in [0, 0.05) is 61.7 Å². The molecule has 1 amide bonds. The third-order valence-corrected chi connectivity index (χ3v) is 4.52. The van der Waals surface area contributed by atoms with Gasteiger partial charge in [0.1, 0.15) is 0 Å². The second-order valence-corrected chi connectivity index (χ2v) is 6.60. The summed E-state index contributed by atoms with van der Waals surface area (Å²) in [5, 5.41) is 2.93. The molecule has 126 valence electrons. The Labute approximate surface area is 150 Å². The predicted octanol–water partition coefficient (Wildman–Crippen LogP) is 2.39. The molecule has 1 fully saturated rings. The Kier molecular flexibility index (Phi) is 5.77. The Morgan fingerprint density at radius 1 is 1.08 bits per heavy atom. The van der Waals surface area contributed by atoms with Crippen molar-refractivity contribution in [3.63, 3.8) is 0 Å². The van der Waals surface area contributed by atoms with E-state index in [1.54, 1.807) is 12.4 Å². The fraction of sp³-hybridized carbons (Fsp3) is 0.353. The molecule has 6 nitrogen and oxygen atoms in total. The number of hydrogen-bond acceptors (Lipinski definition) is 5. The molecule has 1 N–H and O–H groups in total. The van der Waals surface area contributed by atoms with E-state index in [-0.39, 0.29) is 5.91 Å². The second kappa shape index (κ2) is 8.21. The van der Waals surface area contributed by atoms with Crippen LogP contribution in [0.1, 0.15) is 6.42 Å². The molecule has 1 aliphatic heterocycles. The Bertz CT molecular complexity index is 656. The highest BCUT2D eigenvalue weighted by atomic mass is 79.9. The fourth-order valence-corrected chi connectivity index (χ4v) is 2.91. The van der Waals surface area contributed by atoms with Crippen molar-refractivity contribution in [2.75, 3.05) is 42.9 Å². The Morgan fingerprint density at radius 2 is 1.75 bits per heavy atom. The number of nitrogens with zero attached hydrogens (tertiary/aromatic N) is 4. The van der Waals surface area contributed by atoms with Crippen LogP contribution in [0.15, 0.2) is 47.2 Å². The lowest BCUT2D eigenvalue weighted by atomic mass is 10.2. The van der Waals surface area contributed by atoms with Gasteiger partial charge in [-0.2, -0.15) is 0 Å². The number of piperazine rings is 1. The molecule has 1 aromatic heterocycles. The van der Waals surface area contributed by atoms with Gasteiger partial charge in [-0.3, -0.25) is 9.69 Å². The summed E-state index contributed by atoms with van der Waals surface area (Å²) in [6, 6.07) is 9.44. The molecule has 0 saturated carbocycles. The molecule has 3 rings (SSSR count). The second-order valence-electron chi connectivity index (χ2n) is 5.68. The van der Waals surface area contributed by atoms with E-state index in [0.29, 0.717) is 6.42 Å². The summed E-state index contributed by atoms with van der Waals surface area (Å²) in [5.74, 6) is 0.830. The molecule has 2 heterocycles. The summed E-state index contributed by atoms with van der Waals surface area (Å²) >= 11 is 3.38. The first-order chi connectivity index (χ1) is 11.7. The minimum Gasteiger partial charge on any atom is -0.338 e. The number of carbonyl (C=O) groups is 1. The Hall–Kier alpha value is -1.99. The topological polar surface area (TPSA) is 61.4 Å². The average Bonchev–Trinajstić information content (AvgIpc) is 2.63. The van der Waals surface area contributed by atoms with Gasteiger partial charge in [0.15, 0.2) is 0 Å². The molecular weight excluding hydrogens is 370 g/mol. The predicted molar refractivity (Wildman–Crippen MR) is 98.1 cm³/mol. The van der Waals surface area contributed by atoms with Crippen LogP contribution in [0.3, 0.4) is 0 Å². The number of amides is 1. The summed E-state index contributed by atoms with van der Waals surface area (Å²) in [7, 11) is 0. The molecule has 0 atom stereocenters. The van der Waals surface area contributed by atoms with E-state index in [2.05, 4.69) is 41.0 Å². The molecule has 0 unspecified atom stereocenters. The van der Waals surface area contributed by atoms with Gasteiger partial charge in [-0.05, 0) is 30.3 Å². The highest BCUT2D eigenvalue weighted by Crippen LogP contribution is 2.14. The molecule has 1 aromatic carbocycles. The van der Waals surface area contributed by atoms with Crippen LogP contribution < -0.4 is 10.2 Å². The summed E-state index contributed by atoms with van der Waals surface area (Å²) in [4.78, 5) is 25.1. The lowest BCUT2D eigenvalue weighted by Crippen LogP contribution is -2.47. The molecule has 0 aliphatic carbocycles. The maximum absolute atomic E-state index is 12.0.